The van der Waals surface area contributed by atoms with Crippen molar-refractivity contribution in [3.8, 4) is 0 Å². The standard InChI is InChI=1S/C15H20F3N3O3/c1-4-13(2,3)23-12(22)21-7-14(8-21)5-9(6-14)10-19-11(20-24-10)15(16,17)18/h9H,4-8H2,1-3H3. The zero-order chi connectivity index (χ0) is 17.8. The maximum Gasteiger partial charge on any atom is 0.455 e. The van der Waals surface area contributed by atoms with Crippen LogP contribution >= 0.6 is 0 Å². The van der Waals surface area contributed by atoms with Gasteiger partial charge in [-0.25, -0.2) is 4.79 Å². The zero-order valence-electron chi connectivity index (χ0n) is 13.8. The molecule has 24 heavy (non-hydrogen) atoms. The number of alkyl halides is 3. The molecular weight excluding hydrogens is 327 g/mol. The van der Waals surface area contributed by atoms with Crippen LogP contribution in [0.5, 0.6) is 0 Å². The minimum absolute atomic E-state index is 0.0288. The molecule has 3 rings (SSSR count). The molecule has 134 valence electrons. The van der Waals surface area contributed by atoms with E-state index in [1.54, 1.807) is 4.90 Å². The molecule has 1 aromatic rings. The number of nitrogens with zero attached hydrogens (tertiary/aromatic N) is 3. The molecule has 1 saturated heterocycles. The summed E-state index contributed by atoms with van der Waals surface area (Å²) in [5.74, 6) is -1.38. The van der Waals surface area contributed by atoms with Crippen LogP contribution in [0.15, 0.2) is 4.52 Å². The monoisotopic (exact) mass is 347 g/mol. The van der Waals surface area contributed by atoms with E-state index in [9.17, 15) is 18.0 Å². The predicted molar refractivity (Wildman–Crippen MR) is 76.1 cm³/mol. The summed E-state index contributed by atoms with van der Waals surface area (Å²) in [6.07, 6.45) is -2.92. The van der Waals surface area contributed by atoms with Gasteiger partial charge in [0.05, 0.1) is 0 Å². The Bertz CT molecular complexity index is 627. The Labute approximate surface area is 137 Å². The van der Waals surface area contributed by atoms with Crippen LogP contribution in [0.25, 0.3) is 0 Å². The van der Waals surface area contributed by atoms with Crippen LogP contribution in [0.4, 0.5) is 18.0 Å². The minimum atomic E-state index is -4.59. The maximum atomic E-state index is 12.5. The van der Waals surface area contributed by atoms with Crippen molar-refractivity contribution in [2.45, 2.75) is 57.7 Å². The molecule has 0 N–H and O–H groups in total. The van der Waals surface area contributed by atoms with Gasteiger partial charge in [-0.1, -0.05) is 12.1 Å². The fourth-order valence-electron chi connectivity index (χ4n) is 3.20. The molecule has 0 radical (unpaired) electrons. The van der Waals surface area contributed by atoms with Crippen molar-refractivity contribution in [3.05, 3.63) is 11.7 Å². The molecule has 2 heterocycles. The molecule has 0 atom stereocenters. The SMILES string of the molecule is CCC(C)(C)OC(=O)N1CC2(CC(c3nc(C(F)(F)F)no3)C2)C1. The highest BCUT2D eigenvalue weighted by atomic mass is 19.4. The van der Waals surface area contributed by atoms with Crippen molar-refractivity contribution < 1.29 is 27.2 Å². The summed E-state index contributed by atoms with van der Waals surface area (Å²) < 4.78 is 47.6. The topological polar surface area (TPSA) is 68.5 Å². The van der Waals surface area contributed by atoms with E-state index in [0.29, 0.717) is 25.9 Å². The number of ether oxygens (including phenoxy) is 1. The first kappa shape index (κ1) is 17.0. The highest BCUT2D eigenvalue weighted by Crippen LogP contribution is 2.56. The number of likely N-dealkylation sites (tertiary alicyclic amines) is 1. The third kappa shape index (κ3) is 3.08. The Balaban J connectivity index is 1.50. The molecule has 0 unspecified atom stereocenters. The van der Waals surface area contributed by atoms with Crippen molar-refractivity contribution in [2.75, 3.05) is 13.1 Å². The molecule has 1 aliphatic heterocycles. The molecule has 6 nitrogen and oxygen atoms in total. The van der Waals surface area contributed by atoms with Gasteiger partial charge in [0.15, 0.2) is 0 Å². The lowest BCUT2D eigenvalue weighted by molar-refractivity contribution is -0.146. The smallest absolute Gasteiger partial charge is 0.443 e. The quantitative estimate of drug-likeness (QED) is 0.836. The summed E-state index contributed by atoms with van der Waals surface area (Å²) in [6, 6.07) is 0. The van der Waals surface area contributed by atoms with Gasteiger partial charge < -0.3 is 14.2 Å². The first-order valence-corrected chi connectivity index (χ1v) is 7.92. The second-order valence-corrected chi connectivity index (χ2v) is 7.40. The summed E-state index contributed by atoms with van der Waals surface area (Å²) in [5.41, 5.74) is -0.549. The van der Waals surface area contributed by atoms with Crippen molar-refractivity contribution in [2.24, 2.45) is 5.41 Å². The van der Waals surface area contributed by atoms with E-state index in [1.165, 1.54) is 0 Å². The highest BCUT2D eigenvalue weighted by Gasteiger charge is 2.56. The second kappa shape index (κ2) is 5.35. The molecular formula is C15H20F3N3O3. The maximum absolute atomic E-state index is 12.5. The Hall–Kier alpha value is -1.80. The minimum Gasteiger partial charge on any atom is -0.443 e. The van der Waals surface area contributed by atoms with Crippen LogP contribution in [0.2, 0.25) is 0 Å². The summed E-state index contributed by atoms with van der Waals surface area (Å²) in [4.78, 5) is 17.1. The van der Waals surface area contributed by atoms with E-state index < -0.39 is 17.6 Å². The molecule has 1 aliphatic carbocycles. The van der Waals surface area contributed by atoms with Gasteiger partial charge >= 0.3 is 12.3 Å². The molecule has 1 aromatic heterocycles. The fraction of sp³-hybridized carbons (Fsp3) is 0.800. The Morgan fingerprint density at radius 2 is 2.00 bits per heavy atom. The third-order valence-corrected chi connectivity index (χ3v) is 4.93. The van der Waals surface area contributed by atoms with Gasteiger partial charge in [0.2, 0.25) is 5.89 Å². The average Bonchev–Trinajstić information content (AvgIpc) is 2.84. The number of hydrogen-bond donors (Lipinski definition) is 0. The first-order chi connectivity index (χ1) is 11.0. The van der Waals surface area contributed by atoms with Gasteiger partial charge in [0.25, 0.3) is 5.82 Å². The molecule has 2 fully saturated rings. The van der Waals surface area contributed by atoms with E-state index in [1.807, 2.05) is 20.8 Å². The Morgan fingerprint density at radius 1 is 1.38 bits per heavy atom. The number of amides is 1. The van der Waals surface area contributed by atoms with Gasteiger partial charge in [0.1, 0.15) is 5.60 Å². The molecule has 0 aromatic carbocycles. The molecule has 0 bridgehead atoms. The van der Waals surface area contributed by atoms with E-state index in [2.05, 4.69) is 10.1 Å². The number of rotatable bonds is 3. The normalized spacial score (nSPS) is 20.7. The lowest BCUT2D eigenvalue weighted by Gasteiger charge is -2.57. The first-order valence-electron chi connectivity index (χ1n) is 7.92. The zero-order valence-corrected chi connectivity index (χ0v) is 13.8. The van der Waals surface area contributed by atoms with Gasteiger partial charge in [-0.05, 0) is 33.1 Å². The van der Waals surface area contributed by atoms with E-state index in [-0.39, 0.29) is 23.3 Å². The van der Waals surface area contributed by atoms with E-state index in [0.717, 1.165) is 6.42 Å². The molecule has 9 heteroatoms. The van der Waals surface area contributed by atoms with Crippen LogP contribution in [0, 0.1) is 5.41 Å². The van der Waals surface area contributed by atoms with Crippen LogP contribution in [-0.2, 0) is 10.9 Å². The third-order valence-electron chi connectivity index (χ3n) is 4.93. The van der Waals surface area contributed by atoms with Gasteiger partial charge in [-0.3, -0.25) is 0 Å². The lowest BCUT2D eigenvalue weighted by Crippen LogP contribution is -2.63. The van der Waals surface area contributed by atoms with Crippen LogP contribution < -0.4 is 0 Å². The van der Waals surface area contributed by atoms with Crippen molar-refractivity contribution in [1.29, 1.82) is 0 Å². The van der Waals surface area contributed by atoms with Crippen molar-refractivity contribution in [3.63, 3.8) is 0 Å². The number of carbonyl (C=O) groups excluding carboxylic acids is 1. The summed E-state index contributed by atoms with van der Waals surface area (Å²) >= 11 is 0. The van der Waals surface area contributed by atoms with Crippen molar-refractivity contribution in [1.82, 2.24) is 15.0 Å². The number of aromatic nitrogens is 2. The largest absolute Gasteiger partial charge is 0.455 e. The molecule has 1 saturated carbocycles. The molecule has 1 amide bonds. The summed E-state index contributed by atoms with van der Waals surface area (Å²) in [7, 11) is 0. The van der Waals surface area contributed by atoms with Crippen LogP contribution in [0.1, 0.15) is 57.7 Å². The summed E-state index contributed by atoms with van der Waals surface area (Å²) in [6.45, 7) is 6.77. The molecule has 1 spiro atoms. The van der Waals surface area contributed by atoms with Gasteiger partial charge in [-0.2, -0.15) is 18.2 Å². The fourth-order valence-corrected chi connectivity index (χ4v) is 3.20. The van der Waals surface area contributed by atoms with E-state index in [4.69, 9.17) is 9.26 Å². The molecule has 2 aliphatic rings. The number of halogens is 3. The van der Waals surface area contributed by atoms with Gasteiger partial charge in [-0.15, -0.1) is 0 Å². The number of carbonyl (C=O) groups is 1. The highest BCUT2D eigenvalue weighted by molar-refractivity contribution is 5.69. The summed E-state index contributed by atoms with van der Waals surface area (Å²) in [5, 5.41) is 2.98. The lowest BCUT2D eigenvalue weighted by atomic mass is 9.58. The van der Waals surface area contributed by atoms with E-state index >= 15 is 0 Å². The predicted octanol–water partition coefficient (Wildman–Crippen LogP) is 3.59. The number of hydrogen-bond acceptors (Lipinski definition) is 5. The Morgan fingerprint density at radius 3 is 2.50 bits per heavy atom. The average molecular weight is 347 g/mol. The van der Waals surface area contributed by atoms with Crippen molar-refractivity contribution >= 4 is 6.09 Å². The van der Waals surface area contributed by atoms with Crippen LogP contribution in [-0.4, -0.2) is 39.8 Å². The second-order valence-electron chi connectivity index (χ2n) is 7.40. The van der Waals surface area contributed by atoms with Gasteiger partial charge in [0, 0.05) is 24.4 Å². The van der Waals surface area contributed by atoms with Crippen LogP contribution in [0.3, 0.4) is 0 Å². The Kier molecular flexibility index (Phi) is 3.80.